The minimum Gasteiger partial charge on any atom is -0.493 e. The van der Waals surface area contributed by atoms with Crippen molar-refractivity contribution in [2.24, 2.45) is 0 Å². The lowest BCUT2D eigenvalue weighted by atomic mass is 9.96. The van der Waals surface area contributed by atoms with Crippen LogP contribution in [-0.4, -0.2) is 30.5 Å². The molecule has 0 amide bonds. The number of aliphatic hydroxyl groups excluding tert-OH is 1. The first kappa shape index (κ1) is 13.2. The largest absolute Gasteiger partial charge is 0.493 e. The quantitative estimate of drug-likeness (QED) is 0.926. The molecular formula is C15H19ClO3. The Morgan fingerprint density at radius 3 is 3.00 bits per heavy atom. The summed E-state index contributed by atoms with van der Waals surface area (Å²) in [7, 11) is 0. The lowest BCUT2D eigenvalue weighted by Gasteiger charge is -2.27. The summed E-state index contributed by atoms with van der Waals surface area (Å²) in [4.78, 5) is 0. The van der Waals surface area contributed by atoms with Crippen LogP contribution in [0, 0.1) is 0 Å². The van der Waals surface area contributed by atoms with E-state index in [-0.39, 0.29) is 6.10 Å². The van der Waals surface area contributed by atoms with E-state index in [1.54, 1.807) is 0 Å². The third-order valence-corrected chi connectivity index (χ3v) is 4.12. The van der Waals surface area contributed by atoms with E-state index < -0.39 is 6.10 Å². The molecule has 2 atom stereocenters. The van der Waals surface area contributed by atoms with Crippen LogP contribution >= 0.6 is 11.6 Å². The Morgan fingerprint density at radius 1 is 1.32 bits per heavy atom. The number of ether oxygens (including phenoxy) is 2. The van der Waals surface area contributed by atoms with Crippen molar-refractivity contribution >= 4 is 11.6 Å². The van der Waals surface area contributed by atoms with Gasteiger partial charge in [0.15, 0.2) is 0 Å². The van der Waals surface area contributed by atoms with Gasteiger partial charge >= 0.3 is 0 Å². The summed E-state index contributed by atoms with van der Waals surface area (Å²) < 4.78 is 11.3. The van der Waals surface area contributed by atoms with Gasteiger partial charge in [-0.2, -0.15) is 0 Å². The Labute approximate surface area is 118 Å². The molecule has 1 fully saturated rings. The molecule has 1 saturated heterocycles. The first-order valence-corrected chi connectivity index (χ1v) is 7.35. The number of rotatable bonds is 3. The number of fused-ring (bicyclic) bond motifs is 1. The Bertz CT molecular complexity index is 455. The van der Waals surface area contributed by atoms with Crippen LogP contribution in [0.25, 0.3) is 0 Å². The normalized spacial score (nSPS) is 23.8. The predicted octanol–water partition coefficient (Wildman–Crippen LogP) is 2.75. The molecule has 0 saturated carbocycles. The van der Waals surface area contributed by atoms with E-state index in [1.807, 2.05) is 12.1 Å². The van der Waals surface area contributed by atoms with Crippen LogP contribution in [0.5, 0.6) is 5.75 Å². The molecule has 2 aliphatic heterocycles. The van der Waals surface area contributed by atoms with Gasteiger partial charge in [-0.3, -0.25) is 0 Å². The highest BCUT2D eigenvalue weighted by Gasteiger charge is 2.26. The van der Waals surface area contributed by atoms with E-state index in [9.17, 15) is 5.11 Å². The summed E-state index contributed by atoms with van der Waals surface area (Å²) >= 11 is 6.13. The van der Waals surface area contributed by atoms with Gasteiger partial charge in [-0.25, -0.2) is 0 Å². The molecule has 0 bridgehead atoms. The Morgan fingerprint density at radius 2 is 2.21 bits per heavy atom. The van der Waals surface area contributed by atoms with E-state index in [2.05, 4.69) is 0 Å². The van der Waals surface area contributed by atoms with E-state index in [0.717, 1.165) is 54.2 Å². The zero-order valence-corrected chi connectivity index (χ0v) is 11.7. The third kappa shape index (κ3) is 2.88. The molecule has 0 aliphatic carbocycles. The second-order valence-corrected chi connectivity index (χ2v) is 5.76. The van der Waals surface area contributed by atoms with Crippen LogP contribution < -0.4 is 4.74 Å². The first-order chi connectivity index (χ1) is 9.24. The number of aliphatic hydroxyl groups is 1. The fraction of sp³-hybridized carbons (Fsp3) is 0.600. The van der Waals surface area contributed by atoms with Gasteiger partial charge in [-0.15, -0.1) is 0 Å². The number of halogens is 1. The molecule has 1 N–H and O–H groups in total. The van der Waals surface area contributed by atoms with Crippen molar-refractivity contribution in [2.75, 3.05) is 13.2 Å². The topological polar surface area (TPSA) is 38.7 Å². The number of hydrogen-bond acceptors (Lipinski definition) is 3. The zero-order valence-electron chi connectivity index (χ0n) is 10.9. The number of hydrogen-bond donors (Lipinski definition) is 1. The second-order valence-electron chi connectivity index (χ2n) is 5.33. The summed E-state index contributed by atoms with van der Waals surface area (Å²) in [6.45, 7) is 1.46. The van der Waals surface area contributed by atoms with Crippen LogP contribution in [0.3, 0.4) is 0 Å². The minimum atomic E-state index is -0.480. The molecular weight excluding hydrogens is 264 g/mol. The van der Waals surface area contributed by atoms with Gasteiger partial charge in [0.05, 0.1) is 18.8 Å². The Kier molecular flexibility index (Phi) is 3.96. The maximum absolute atomic E-state index is 10.3. The number of benzene rings is 1. The molecule has 4 heteroatoms. The molecule has 2 aliphatic rings. The van der Waals surface area contributed by atoms with Crippen molar-refractivity contribution in [3.05, 3.63) is 28.3 Å². The van der Waals surface area contributed by atoms with Crippen molar-refractivity contribution in [3.63, 3.8) is 0 Å². The van der Waals surface area contributed by atoms with Crippen molar-refractivity contribution in [1.29, 1.82) is 0 Å². The highest BCUT2D eigenvalue weighted by Crippen LogP contribution is 2.34. The van der Waals surface area contributed by atoms with E-state index in [4.69, 9.17) is 21.1 Å². The molecule has 3 nitrogen and oxygen atoms in total. The highest BCUT2D eigenvalue weighted by atomic mass is 35.5. The lowest BCUT2D eigenvalue weighted by Crippen LogP contribution is -2.33. The lowest BCUT2D eigenvalue weighted by molar-refractivity contribution is -0.0612. The van der Waals surface area contributed by atoms with Gasteiger partial charge in [-0.1, -0.05) is 11.6 Å². The standard InChI is InChI=1S/C15H19ClO3/c16-12-7-10-4-6-19-15(10)11(8-12)9-13(17)14-3-1-2-5-18-14/h7-8,13-14,17H,1-6,9H2. The molecule has 1 aromatic carbocycles. The fourth-order valence-corrected chi connectivity index (χ4v) is 3.19. The van der Waals surface area contributed by atoms with Crippen LogP contribution in [0.15, 0.2) is 12.1 Å². The summed E-state index contributed by atoms with van der Waals surface area (Å²) in [5, 5.41) is 11.0. The maximum atomic E-state index is 10.3. The van der Waals surface area contributed by atoms with E-state index in [1.165, 1.54) is 0 Å². The van der Waals surface area contributed by atoms with Crippen LogP contribution in [-0.2, 0) is 17.6 Å². The average Bonchev–Trinajstić information content (AvgIpc) is 2.88. The Balaban J connectivity index is 1.75. The molecule has 2 heterocycles. The minimum absolute atomic E-state index is 0.0511. The van der Waals surface area contributed by atoms with Gasteiger partial charge in [0.25, 0.3) is 0 Å². The van der Waals surface area contributed by atoms with Gasteiger partial charge in [0.2, 0.25) is 0 Å². The Hall–Kier alpha value is -0.770. The van der Waals surface area contributed by atoms with Gasteiger partial charge < -0.3 is 14.6 Å². The smallest absolute Gasteiger partial charge is 0.126 e. The van der Waals surface area contributed by atoms with Gasteiger partial charge in [0.1, 0.15) is 5.75 Å². The zero-order chi connectivity index (χ0) is 13.2. The summed E-state index contributed by atoms with van der Waals surface area (Å²) in [6.07, 6.45) is 4.08. The summed E-state index contributed by atoms with van der Waals surface area (Å²) in [5.74, 6) is 0.916. The van der Waals surface area contributed by atoms with Crippen molar-refractivity contribution in [1.82, 2.24) is 0 Å². The van der Waals surface area contributed by atoms with Gasteiger partial charge in [0, 0.05) is 24.5 Å². The van der Waals surface area contributed by atoms with Crippen molar-refractivity contribution in [3.8, 4) is 5.75 Å². The monoisotopic (exact) mass is 282 g/mol. The molecule has 104 valence electrons. The van der Waals surface area contributed by atoms with Crippen LogP contribution in [0.1, 0.15) is 30.4 Å². The average molecular weight is 283 g/mol. The molecule has 3 rings (SSSR count). The van der Waals surface area contributed by atoms with E-state index in [0.29, 0.717) is 13.0 Å². The highest BCUT2D eigenvalue weighted by molar-refractivity contribution is 6.30. The van der Waals surface area contributed by atoms with Crippen LogP contribution in [0.2, 0.25) is 5.02 Å². The molecule has 19 heavy (non-hydrogen) atoms. The molecule has 0 spiro atoms. The maximum Gasteiger partial charge on any atom is 0.126 e. The molecule has 0 aromatic heterocycles. The molecule has 2 unspecified atom stereocenters. The predicted molar refractivity (Wildman–Crippen MR) is 74.0 cm³/mol. The van der Waals surface area contributed by atoms with Crippen molar-refractivity contribution in [2.45, 2.75) is 44.3 Å². The first-order valence-electron chi connectivity index (χ1n) is 6.98. The van der Waals surface area contributed by atoms with Crippen molar-refractivity contribution < 1.29 is 14.6 Å². The van der Waals surface area contributed by atoms with E-state index >= 15 is 0 Å². The fourth-order valence-electron chi connectivity index (χ4n) is 2.92. The SMILES string of the molecule is OC(Cc1cc(Cl)cc2c1OCC2)C1CCCCO1. The summed E-state index contributed by atoms with van der Waals surface area (Å²) in [5.41, 5.74) is 2.15. The van der Waals surface area contributed by atoms with Crippen LogP contribution in [0.4, 0.5) is 0 Å². The summed E-state index contributed by atoms with van der Waals surface area (Å²) in [6, 6.07) is 3.86. The van der Waals surface area contributed by atoms with Gasteiger partial charge in [-0.05, 0) is 42.5 Å². The molecule has 1 aromatic rings. The molecule has 0 radical (unpaired) electrons. The second kappa shape index (κ2) is 5.70. The third-order valence-electron chi connectivity index (χ3n) is 3.90.